The monoisotopic (exact) mass is 292 g/mol. The number of nitrogens with one attached hydrogen (secondary N) is 1. The number of nitro groups is 1. The van der Waals surface area contributed by atoms with E-state index in [0.29, 0.717) is 23.8 Å². The van der Waals surface area contributed by atoms with Crippen LogP contribution in [0.5, 0.6) is 5.75 Å². The number of non-ortho nitro benzene ring substituents is 1. The van der Waals surface area contributed by atoms with Gasteiger partial charge in [0.2, 0.25) is 0 Å². The van der Waals surface area contributed by atoms with Gasteiger partial charge < -0.3 is 10.1 Å². The third kappa shape index (κ3) is 4.34. The van der Waals surface area contributed by atoms with Crippen molar-refractivity contribution in [3.8, 4) is 5.75 Å². The number of hydrogen-bond acceptors (Lipinski definition) is 4. The Labute approximate surface area is 125 Å². The van der Waals surface area contributed by atoms with Crippen LogP contribution in [0.1, 0.15) is 46.5 Å². The fourth-order valence-electron chi connectivity index (χ4n) is 2.87. The first-order valence-electron chi connectivity index (χ1n) is 7.58. The maximum absolute atomic E-state index is 11.0. The number of anilines is 1. The zero-order valence-corrected chi connectivity index (χ0v) is 13.0. The Morgan fingerprint density at radius 3 is 2.76 bits per heavy atom. The molecule has 0 amide bonds. The van der Waals surface area contributed by atoms with Gasteiger partial charge in [0, 0.05) is 23.9 Å². The quantitative estimate of drug-likeness (QED) is 0.624. The molecule has 0 aliphatic heterocycles. The Morgan fingerprint density at radius 2 is 2.19 bits per heavy atom. The molecular formula is C16H24N2O3. The number of nitro benzene ring substituents is 1. The summed E-state index contributed by atoms with van der Waals surface area (Å²) in [6, 6.07) is 5.30. The van der Waals surface area contributed by atoms with E-state index >= 15 is 0 Å². The van der Waals surface area contributed by atoms with Crippen molar-refractivity contribution < 1.29 is 9.66 Å². The van der Waals surface area contributed by atoms with Gasteiger partial charge in [-0.1, -0.05) is 20.8 Å². The first-order chi connectivity index (χ1) is 9.89. The van der Waals surface area contributed by atoms with Gasteiger partial charge >= 0.3 is 0 Å². The zero-order chi connectivity index (χ0) is 15.5. The molecule has 1 unspecified atom stereocenters. The summed E-state index contributed by atoms with van der Waals surface area (Å²) in [6.07, 6.45) is 4.24. The Bertz CT molecular complexity index is 514. The summed E-state index contributed by atoms with van der Waals surface area (Å²) in [6.45, 7) is 7.10. The highest BCUT2D eigenvalue weighted by atomic mass is 16.6. The smallest absolute Gasteiger partial charge is 0.275 e. The van der Waals surface area contributed by atoms with Crippen LogP contribution >= 0.6 is 0 Å². The normalized spacial score (nSPS) is 20.2. The second kappa shape index (κ2) is 6.33. The summed E-state index contributed by atoms with van der Waals surface area (Å²) >= 11 is 0. The van der Waals surface area contributed by atoms with Crippen molar-refractivity contribution in [3.63, 3.8) is 0 Å². The lowest BCUT2D eigenvalue weighted by Crippen LogP contribution is -2.17. The maximum Gasteiger partial charge on any atom is 0.275 e. The maximum atomic E-state index is 11.0. The standard InChI is InChI=1S/C16H24N2O3/c1-4-7-21-15-9-13(8-14(10-15)18(19)20)17-12-5-6-16(2,3)11-12/h8-10,12,17H,4-7,11H2,1-3H3. The van der Waals surface area contributed by atoms with Crippen LogP contribution in [0.15, 0.2) is 18.2 Å². The van der Waals surface area contributed by atoms with Gasteiger partial charge in [-0.2, -0.15) is 0 Å². The molecule has 1 aliphatic carbocycles. The Kier molecular flexibility index (Phi) is 4.70. The number of nitrogens with zero attached hydrogens (tertiary/aromatic N) is 1. The van der Waals surface area contributed by atoms with Crippen LogP contribution in [0, 0.1) is 15.5 Å². The molecule has 0 heterocycles. The molecule has 5 heteroatoms. The van der Waals surface area contributed by atoms with E-state index in [0.717, 1.165) is 24.9 Å². The van der Waals surface area contributed by atoms with Gasteiger partial charge in [-0.05, 0) is 31.1 Å². The van der Waals surface area contributed by atoms with E-state index in [-0.39, 0.29) is 10.6 Å². The molecule has 1 saturated carbocycles. The second-order valence-electron chi connectivity index (χ2n) is 6.57. The Hall–Kier alpha value is -1.78. The van der Waals surface area contributed by atoms with Crippen molar-refractivity contribution in [1.29, 1.82) is 0 Å². The highest BCUT2D eigenvalue weighted by molar-refractivity contribution is 5.57. The number of rotatable bonds is 6. The summed E-state index contributed by atoms with van der Waals surface area (Å²) in [7, 11) is 0. The van der Waals surface area contributed by atoms with Crippen LogP contribution in [0.4, 0.5) is 11.4 Å². The van der Waals surface area contributed by atoms with Crippen LogP contribution in [0.2, 0.25) is 0 Å². The molecule has 1 aromatic rings. The molecular weight excluding hydrogens is 268 g/mol. The van der Waals surface area contributed by atoms with Gasteiger partial charge in [0.05, 0.1) is 17.6 Å². The molecule has 1 aromatic carbocycles. The van der Waals surface area contributed by atoms with Gasteiger partial charge in [0.25, 0.3) is 5.69 Å². The van der Waals surface area contributed by atoms with Crippen LogP contribution < -0.4 is 10.1 Å². The third-order valence-corrected chi connectivity index (χ3v) is 3.91. The Balaban J connectivity index is 2.14. The molecule has 1 N–H and O–H groups in total. The van der Waals surface area contributed by atoms with Crippen LogP contribution in [-0.4, -0.2) is 17.6 Å². The molecule has 5 nitrogen and oxygen atoms in total. The fraction of sp³-hybridized carbons (Fsp3) is 0.625. The predicted octanol–water partition coefficient (Wildman–Crippen LogP) is 4.37. The first-order valence-corrected chi connectivity index (χ1v) is 7.58. The summed E-state index contributed by atoms with van der Waals surface area (Å²) in [4.78, 5) is 10.7. The molecule has 0 spiro atoms. The van der Waals surface area contributed by atoms with Gasteiger partial charge in [0.15, 0.2) is 0 Å². The van der Waals surface area contributed by atoms with E-state index in [9.17, 15) is 10.1 Å². The number of ether oxygens (including phenoxy) is 1. The molecule has 0 radical (unpaired) electrons. The lowest BCUT2D eigenvalue weighted by atomic mass is 9.92. The fourth-order valence-corrected chi connectivity index (χ4v) is 2.87. The summed E-state index contributed by atoms with van der Waals surface area (Å²) in [5.41, 5.74) is 1.20. The zero-order valence-electron chi connectivity index (χ0n) is 13.0. The van der Waals surface area contributed by atoms with E-state index < -0.39 is 0 Å². The van der Waals surface area contributed by atoms with Crippen molar-refractivity contribution in [2.75, 3.05) is 11.9 Å². The average molecular weight is 292 g/mol. The van der Waals surface area contributed by atoms with Gasteiger partial charge in [-0.15, -0.1) is 0 Å². The highest BCUT2D eigenvalue weighted by Gasteiger charge is 2.31. The third-order valence-electron chi connectivity index (χ3n) is 3.91. The highest BCUT2D eigenvalue weighted by Crippen LogP contribution is 2.39. The molecule has 21 heavy (non-hydrogen) atoms. The van der Waals surface area contributed by atoms with Crippen LogP contribution in [0.25, 0.3) is 0 Å². The number of benzene rings is 1. The molecule has 1 atom stereocenters. The molecule has 0 saturated heterocycles. The van der Waals surface area contributed by atoms with Crippen molar-refractivity contribution in [2.24, 2.45) is 5.41 Å². The van der Waals surface area contributed by atoms with E-state index in [4.69, 9.17) is 4.74 Å². The second-order valence-corrected chi connectivity index (χ2v) is 6.57. The van der Waals surface area contributed by atoms with Gasteiger partial charge in [0.1, 0.15) is 5.75 Å². The first kappa shape index (κ1) is 15.6. The van der Waals surface area contributed by atoms with Crippen molar-refractivity contribution in [2.45, 2.75) is 52.5 Å². The minimum Gasteiger partial charge on any atom is -0.493 e. The van der Waals surface area contributed by atoms with E-state index in [1.807, 2.05) is 13.0 Å². The van der Waals surface area contributed by atoms with E-state index in [1.165, 1.54) is 12.5 Å². The largest absolute Gasteiger partial charge is 0.493 e. The summed E-state index contributed by atoms with van der Waals surface area (Å²) < 4.78 is 5.55. The summed E-state index contributed by atoms with van der Waals surface area (Å²) in [5, 5.41) is 14.5. The van der Waals surface area contributed by atoms with Crippen molar-refractivity contribution >= 4 is 11.4 Å². The van der Waals surface area contributed by atoms with Gasteiger partial charge in [-0.3, -0.25) is 10.1 Å². The van der Waals surface area contributed by atoms with E-state index in [2.05, 4.69) is 19.2 Å². The minimum atomic E-state index is -0.372. The van der Waals surface area contributed by atoms with Crippen LogP contribution in [-0.2, 0) is 0 Å². The molecule has 1 fully saturated rings. The lowest BCUT2D eigenvalue weighted by Gasteiger charge is -2.19. The molecule has 0 aromatic heterocycles. The van der Waals surface area contributed by atoms with E-state index in [1.54, 1.807) is 6.07 Å². The van der Waals surface area contributed by atoms with Gasteiger partial charge in [-0.25, -0.2) is 0 Å². The SMILES string of the molecule is CCCOc1cc(NC2CCC(C)(C)C2)cc([N+](=O)[O-])c1. The van der Waals surface area contributed by atoms with Crippen molar-refractivity contribution in [3.05, 3.63) is 28.3 Å². The lowest BCUT2D eigenvalue weighted by molar-refractivity contribution is -0.384. The molecule has 2 rings (SSSR count). The predicted molar refractivity (Wildman–Crippen MR) is 83.9 cm³/mol. The molecule has 116 valence electrons. The Morgan fingerprint density at radius 1 is 1.43 bits per heavy atom. The molecule has 1 aliphatic rings. The average Bonchev–Trinajstić information content (AvgIpc) is 2.75. The topological polar surface area (TPSA) is 64.4 Å². The van der Waals surface area contributed by atoms with Crippen molar-refractivity contribution in [1.82, 2.24) is 0 Å². The van der Waals surface area contributed by atoms with Crippen LogP contribution in [0.3, 0.4) is 0 Å². The minimum absolute atomic E-state index is 0.0726. The summed E-state index contributed by atoms with van der Waals surface area (Å²) in [5.74, 6) is 0.561. The molecule has 0 bridgehead atoms. The number of hydrogen-bond donors (Lipinski definition) is 1.